The van der Waals surface area contributed by atoms with Crippen molar-refractivity contribution < 1.29 is 9.53 Å². The topological polar surface area (TPSA) is 41.6 Å². The first-order valence-electron chi connectivity index (χ1n) is 4.67. The molecule has 4 heteroatoms. The molecule has 0 unspecified atom stereocenters. The standard InChI is InChI=1S/C9H18N2O2/c1-11(3-4-13-2)9(12)5-8-6-10-7-8/h8,10H,3-7H2,1-2H3. The Bertz CT molecular complexity index is 169. The minimum absolute atomic E-state index is 0.226. The summed E-state index contributed by atoms with van der Waals surface area (Å²) in [4.78, 5) is 13.2. The van der Waals surface area contributed by atoms with Crippen molar-refractivity contribution in [3.63, 3.8) is 0 Å². The number of nitrogens with zero attached hydrogens (tertiary/aromatic N) is 1. The maximum atomic E-state index is 11.5. The molecular weight excluding hydrogens is 168 g/mol. The minimum atomic E-state index is 0.226. The van der Waals surface area contributed by atoms with E-state index in [1.807, 2.05) is 7.05 Å². The second-order valence-electron chi connectivity index (χ2n) is 3.54. The number of amides is 1. The van der Waals surface area contributed by atoms with Gasteiger partial charge in [0.2, 0.25) is 5.91 Å². The Hall–Kier alpha value is -0.610. The fourth-order valence-corrected chi connectivity index (χ4v) is 1.25. The van der Waals surface area contributed by atoms with Gasteiger partial charge in [0.1, 0.15) is 0 Å². The summed E-state index contributed by atoms with van der Waals surface area (Å²) in [5, 5.41) is 3.15. The van der Waals surface area contributed by atoms with Crippen LogP contribution in [0.3, 0.4) is 0 Å². The molecule has 0 atom stereocenters. The maximum absolute atomic E-state index is 11.5. The van der Waals surface area contributed by atoms with E-state index in [1.54, 1.807) is 12.0 Å². The molecular formula is C9H18N2O2. The number of rotatable bonds is 5. The minimum Gasteiger partial charge on any atom is -0.383 e. The summed E-state index contributed by atoms with van der Waals surface area (Å²) in [5.74, 6) is 0.779. The Morgan fingerprint density at radius 2 is 2.31 bits per heavy atom. The maximum Gasteiger partial charge on any atom is 0.222 e. The monoisotopic (exact) mass is 186 g/mol. The van der Waals surface area contributed by atoms with E-state index >= 15 is 0 Å². The molecule has 0 saturated carbocycles. The van der Waals surface area contributed by atoms with Crippen LogP contribution in [0.2, 0.25) is 0 Å². The molecule has 1 saturated heterocycles. The van der Waals surface area contributed by atoms with Crippen molar-refractivity contribution in [2.45, 2.75) is 6.42 Å². The molecule has 0 radical (unpaired) electrons. The van der Waals surface area contributed by atoms with Crippen LogP contribution in [-0.2, 0) is 9.53 Å². The lowest BCUT2D eigenvalue weighted by molar-refractivity contribution is -0.131. The fourth-order valence-electron chi connectivity index (χ4n) is 1.25. The molecule has 0 aromatic heterocycles. The van der Waals surface area contributed by atoms with Gasteiger partial charge in [-0.2, -0.15) is 0 Å². The molecule has 1 N–H and O–H groups in total. The van der Waals surface area contributed by atoms with Crippen LogP contribution in [0, 0.1) is 5.92 Å². The second-order valence-corrected chi connectivity index (χ2v) is 3.54. The summed E-state index contributed by atoms with van der Waals surface area (Å²) in [6, 6.07) is 0. The van der Waals surface area contributed by atoms with E-state index in [1.165, 1.54) is 0 Å². The summed E-state index contributed by atoms with van der Waals surface area (Å²) in [6.07, 6.45) is 0.674. The molecule has 0 aromatic carbocycles. The van der Waals surface area contributed by atoms with Gasteiger partial charge in [-0.1, -0.05) is 0 Å². The largest absolute Gasteiger partial charge is 0.383 e. The lowest BCUT2D eigenvalue weighted by Gasteiger charge is -2.28. The Morgan fingerprint density at radius 1 is 1.62 bits per heavy atom. The Labute approximate surface area is 79.2 Å². The van der Waals surface area contributed by atoms with E-state index < -0.39 is 0 Å². The number of ether oxygens (including phenoxy) is 1. The third-order valence-corrected chi connectivity index (χ3v) is 2.39. The number of hydrogen-bond donors (Lipinski definition) is 1. The zero-order valence-electron chi connectivity index (χ0n) is 8.38. The van der Waals surface area contributed by atoms with E-state index in [4.69, 9.17) is 4.74 Å². The number of likely N-dealkylation sites (N-methyl/N-ethyl adjacent to an activating group) is 1. The molecule has 4 nitrogen and oxygen atoms in total. The molecule has 0 aliphatic carbocycles. The van der Waals surface area contributed by atoms with E-state index in [0.717, 1.165) is 13.1 Å². The van der Waals surface area contributed by atoms with Gasteiger partial charge in [0.15, 0.2) is 0 Å². The highest BCUT2D eigenvalue weighted by Crippen LogP contribution is 2.09. The Balaban J connectivity index is 2.13. The van der Waals surface area contributed by atoms with E-state index in [0.29, 0.717) is 25.5 Å². The van der Waals surface area contributed by atoms with Gasteiger partial charge in [-0.25, -0.2) is 0 Å². The van der Waals surface area contributed by atoms with Gasteiger partial charge in [-0.05, 0) is 19.0 Å². The molecule has 0 aromatic rings. The number of hydrogen-bond acceptors (Lipinski definition) is 3. The summed E-state index contributed by atoms with van der Waals surface area (Å²) < 4.78 is 4.90. The first-order valence-corrected chi connectivity index (χ1v) is 4.67. The average molecular weight is 186 g/mol. The van der Waals surface area contributed by atoms with Crippen molar-refractivity contribution in [1.82, 2.24) is 10.2 Å². The number of carbonyl (C=O) groups is 1. The van der Waals surface area contributed by atoms with Crippen molar-refractivity contribution in [1.29, 1.82) is 0 Å². The lowest BCUT2D eigenvalue weighted by Crippen LogP contribution is -2.45. The predicted molar refractivity (Wildman–Crippen MR) is 50.5 cm³/mol. The number of carbonyl (C=O) groups excluding carboxylic acids is 1. The van der Waals surface area contributed by atoms with Crippen LogP contribution < -0.4 is 5.32 Å². The van der Waals surface area contributed by atoms with Crippen LogP contribution >= 0.6 is 0 Å². The highest BCUT2D eigenvalue weighted by atomic mass is 16.5. The van der Waals surface area contributed by atoms with Gasteiger partial charge < -0.3 is 15.0 Å². The van der Waals surface area contributed by atoms with Crippen molar-refractivity contribution in [3.8, 4) is 0 Å². The van der Waals surface area contributed by atoms with Gasteiger partial charge >= 0.3 is 0 Å². The number of methoxy groups -OCH3 is 1. The van der Waals surface area contributed by atoms with Gasteiger partial charge in [0.05, 0.1) is 6.61 Å². The Kier molecular flexibility index (Phi) is 4.18. The molecule has 76 valence electrons. The molecule has 1 aliphatic heterocycles. The number of nitrogens with one attached hydrogen (secondary N) is 1. The molecule has 13 heavy (non-hydrogen) atoms. The van der Waals surface area contributed by atoms with Crippen LogP contribution in [-0.4, -0.2) is 51.2 Å². The van der Waals surface area contributed by atoms with Crippen molar-refractivity contribution in [3.05, 3.63) is 0 Å². The molecule has 1 aliphatic rings. The van der Waals surface area contributed by atoms with E-state index in [-0.39, 0.29) is 5.91 Å². The first kappa shape index (κ1) is 10.5. The van der Waals surface area contributed by atoms with Gasteiger partial charge in [-0.3, -0.25) is 4.79 Å². The van der Waals surface area contributed by atoms with Crippen LogP contribution in [0.5, 0.6) is 0 Å². The summed E-state index contributed by atoms with van der Waals surface area (Å²) in [5.41, 5.74) is 0. The second kappa shape index (κ2) is 5.19. The molecule has 1 amide bonds. The van der Waals surface area contributed by atoms with Crippen molar-refractivity contribution >= 4 is 5.91 Å². The first-order chi connectivity index (χ1) is 6.24. The third-order valence-electron chi connectivity index (χ3n) is 2.39. The molecule has 1 rings (SSSR count). The Morgan fingerprint density at radius 3 is 2.77 bits per heavy atom. The van der Waals surface area contributed by atoms with E-state index in [9.17, 15) is 4.79 Å². The van der Waals surface area contributed by atoms with Crippen LogP contribution in [0.1, 0.15) is 6.42 Å². The molecule has 0 spiro atoms. The van der Waals surface area contributed by atoms with Gasteiger partial charge in [0, 0.05) is 27.1 Å². The highest BCUT2D eigenvalue weighted by Gasteiger charge is 2.21. The summed E-state index contributed by atoms with van der Waals surface area (Å²) in [6.45, 7) is 3.29. The van der Waals surface area contributed by atoms with Crippen LogP contribution in [0.4, 0.5) is 0 Å². The normalized spacial score (nSPS) is 16.8. The van der Waals surface area contributed by atoms with Crippen LogP contribution in [0.25, 0.3) is 0 Å². The molecule has 1 fully saturated rings. The third kappa shape index (κ3) is 3.32. The zero-order chi connectivity index (χ0) is 9.68. The highest BCUT2D eigenvalue weighted by molar-refractivity contribution is 5.76. The lowest BCUT2D eigenvalue weighted by atomic mass is 9.99. The zero-order valence-corrected chi connectivity index (χ0v) is 8.38. The quantitative estimate of drug-likeness (QED) is 0.641. The van der Waals surface area contributed by atoms with Crippen molar-refractivity contribution in [2.75, 3.05) is 40.4 Å². The fraction of sp³-hybridized carbons (Fsp3) is 0.889. The van der Waals surface area contributed by atoms with E-state index in [2.05, 4.69) is 5.32 Å². The average Bonchev–Trinajstić information content (AvgIpc) is 2.06. The van der Waals surface area contributed by atoms with Gasteiger partial charge in [0.25, 0.3) is 0 Å². The SMILES string of the molecule is COCCN(C)C(=O)CC1CNC1. The van der Waals surface area contributed by atoms with Crippen LogP contribution in [0.15, 0.2) is 0 Å². The van der Waals surface area contributed by atoms with Crippen molar-refractivity contribution in [2.24, 2.45) is 5.92 Å². The summed E-state index contributed by atoms with van der Waals surface area (Å²) >= 11 is 0. The summed E-state index contributed by atoms with van der Waals surface area (Å²) in [7, 11) is 3.47. The molecule has 0 bridgehead atoms. The smallest absolute Gasteiger partial charge is 0.222 e. The predicted octanol–water partition coefficient (Wildman–Crippen LogP) is -0.299. The molecule has 1 heterocycles. The van der Waals surface area contributed by atoms with Gasteiger partial charge in [-0.15, -0.1) is 0 Å².